The number of rotatable bonds is 30. The van der Waals surface area contributed by atoms with Crippen molar-refractivity contribution in [3.63, 3.8) is 0 Å². The van der Waals surface area contributed by atoms with Gasteiger partial charge >= 0.3 is 19.8 Å². The molecule has 5 N–H and O–H groups in total. The van der Waals surface area contributed by atoms with Crippen molar-refractivity contribution in [3.8, 4) is 0 Å². The van der Waals surface area contributed by atoms with Crippen molar-refractivity contribution < 1.29 is 53.3 Å². The molecule has 53 heavy (non-hydrogen) atoms. The van der Waals surface area contributed by atoms with Crippen LogP contribution < -0.4 is 0 Å². The Morgan fingerprint density at radius 2 is 1.36 bits per heavy atom. The Morgan fingerprint density at radius 1 is 0.755 bits per heavy atom. The quantitative estimate of drug-likeness (QED) is 0.0208. The molecule has 302 valence electrons. The van der Waals surface area contributed by atoms with Crippen molar-refractivity contribution >= 4 is 19.8 Å². The summed E-state index contributed by atoms with van der Waals surface area (Å²) in [5.74, 6) is -1.88. The van der Waals surface area contributed by atoms with Gasteiger partial charge in [-0.3, -0.25) is 14.1 Å². The van der Waals surface area contributed by atoms with Crippen LogP contribution in [0.1, 0.15) is 123 Å². The van der Waals surface area contributed by atoms with Crippen LogP contribution in [0.4, 0.5) is 0 Å². The molecule has 0 aliphatic heterocycles. The number of aliphatic hydroxyl groups excluding tert-OH is 3. The molecule has 0 radical (unpaired) electrons. The van der Waals surface area contributed by atoms with Gasteiger partial charge in [0.25, 0.3) is 0 Å². The molecule has 1 aliphatic carbocycles. The standard InChI is InChI=1S/C41H67O11P/c1-3-5-7-8-9-10-11-12-13-14-15-16-17-18-19-20-22-28-41(46)52-35(33-51-53(47,48)49)32-50-40(45)27-24-23-26-36-37(39(44)31-38(36)43)30-29-34(42)25-21-6-4-2/h9-10,12-13,15-16,18-19,23-24,29-30,34-39,42-44H,3-8,11,14,17,20-22,25-28,31-33H2,1-2H3,(H2,47,48,49)/b10-9-,13-12-,16-15-,19-18-,24-23-,30-29+/t34-,35-,36+,37-,38+,39-/m1/s1. The number of carbonyl (C=O) groups is 2. The maximum atomic E-state index is 12.4. The minimum Gasteiger partial charge on any atom is -0.461 e. The molecule has 0 spiro atoms. The molecule has 1 fully saturated rings. The van der Waals surface area contributed by atoms with Crippen LogP contribution in [-0.4, -0.2) is 74.7 Å². The van der Waals surface area contributed by atoms with Crippen molar-refractivity contribution in [1.82, 2.24) is 0 Å². The third-order valence-electron chi connectivity index (χ3n) is 8.80. The Bertz CT molecular complexity index is 1200. The molecule has 0 amide bonds. The summed E-state index contributed by atoms with van der Waals surface area (Å²) >= 11 is 0. The first-order valence-electron chi connectivity index (χ1n) is 19.5. The molecule has 11 nitrogen and oxygen atoms in total. The van der Waals surface area contributed by atoms with Crippen LogP contribution >= 0.6 is 7.82 Å². The fourth-order valence-corrected chi connectivity index (χ4v) is 6.17. The van der Waals surface area contributed by atoms with E-state index in [1.165, 1.54) is 19.3 Å². The van der Waals surface area contributed by atoms with Gasteiger partial charge < -0.3 is 34.6 Å². The zero-order valence-corrected chi connectivity index (χ0v) is 32.9. The first-order valence-corrected chi connectivity index (χ1v) is 21.0. The Balaban J connectivity index is 2.42. The molecular weight excluding hydrogens is 699 g/mol. The molecule has 0 aromatic rings. The van der Waals surface area contributed by atoms with Crippen LogP contribution in [0, 0.1) is 11.8 Å². The highest BCUT2D eigenvalue weighted by atomic mass is 31.2. The number of esters is 2. The van der Waals surface area contributed by atoms with E-state index in [0.29, 0.717) is 25.7 Å². The molecule has 0 aromatic carbocycles. The summed E-state index contributed by atoms with van der Waals surface area (Å²) in [6.45, 7) is 3.20. The van der Waals surface area contributed by atoms with Crippen molar-refractivity contribution in [2.45, 2.75) is 147 Å². The lowest BCUT2D eigenvalue weighted by molar-refractivity contribution is -0.160. The summed E-state index contributed by atoms with van der Waals surface area (Å²) in [4.78, 5) is 43.0. The molecule has 12 heteroatoms. The van der Waals surface area contributed by atoms with Gasteiger partial charge in [0.05, 0.1) is 31.3 Å². The molecule has 0 aromatic heterocycles. The second kappa shape index (κ2) is 30.7. The zero-order chi connectivity index (χ0) is 39.2. The number of carbonyl (C=O) groups excluding carboxylic acids is 2. The Hall–Kier alpha value is -2.63. The molecule has 1 aliphatic rings. The molecule has 0 saturated heterocycles. The minimum absolute atomic E-state index is 0.0663. The van der Waals surface area contributed by atoms with E-state index in [-0.39, 0.29) is 31.1 Å². The van der Waals surface area contributed by atoms with E-state index in [4.69, 9.17) is 19.3 Å². The van der Waals surface area contributed by atoms with Crippen molar-refractivity contribution in [2.75, 3.05) is 13.2 Å². The highest BCUT2D eigenvalue weighted by Crippen LogP contribution is 2.37. The van der Waals surface area contributed by atoms with Gasteiger partial charge in [-0.1, -0.05) is 119 Å². The number of phosphoric ester groups is 1. The number of ether oxygens (including phenoxy) is 2. The monoisotopic (exact) mass is 766 g/mol. The van der Waals surface area contributed by atoms with Crippen LogP contribution in [-0.2, 0) is 28.2 Å². The largest absolute Gasteiger partial charge is 0.469 e. The Labute approximate surface area is 317 Å². The molecule has 0 heterocycles. The lowest BCUT2D eigenvalue weighted by Crippen LogP contribution is -2.29. The van der Waals surface area contributed by atoms with E-state index in [9.17, 15) is 29.5 Å². The highest BCUT2D eigenvalue weighted by molar-refractivity contribution is 7.46. The van der Waals surface area contributed by atoms with Gasteiger partial charge in [-0.2, -0.15) is 0 Å². The SMILES string of the molecule is CCCCC/C=C\C/C=C\C/C=C\C/C=C\CCCC(=O)O[C@H](COC(=O)C/C=C\C[C@H]1[C@@H](/C=C/[C@H](O)CCCCC)[C@H](O)C[C@@H]1O)COP(=O)(O)O. The Morgan fingerprint density at radius 3 is 1.98 bits per heavy atom. The van der Waals surface area contributed by atoms with Gasteiger partial charge in [-0.15, -0.1) is 0 Å². The number of hydrogen-bond donors (Lipinski definition) is 5. The normalized spacial score (nSPS) is 21.0. The maximum absolute atomic E-state index is 12.4. The van der Waals surface area contributed by atoms with E-state index < -0.39 is 57.4 Å². The summed E-state index contributed by atoms with van der Waals surface area (Å²) < 4.78 is 26.2. The topological polar surface area (TPSA) is 180 Å². The first-order chi connectivity index (χ1) is 25.5. The molecule has 0 bridgehead atoms. The summed E-state index contributed by atoms with van der Waals surface area (Å²) in [5, 5.41) is 31.1. The second-order valence-electron chi connectivity index (χ2n) is 13.5. The smallest absolute Gasteiger partial charge is 0.461 e. The Kier molecular flexibility index (Phi) is 28.0. The zero-order valence-electron chi connectivity index (χ0n) is 32.0. The van der Waals surface area contributed by atoms with E-state index in [2.05, 4.69) is 54.8 Å². The predicted octanol–water partition coefficient (Wildman–Crippen LogP) is 7.89. The lowest BCUT2D eigenvalue weighted by atomic mass is 9.89. The van der Waals surface area contributed by atoms with E-state index in [0.717, 1.165) is 44.9 Å². The van der Waals surface area contributed by atoms with E-state index >= 15 is 0 Å². The number of hydrogen-bond acceptors (Lipinski definition) is 9. The van der Waals surface area contributed by atoms with Crippen molar-refractivity contribution in [2.24, 2.45) is 11.8 Å². The maximum Gasteiger partial charge on any atom is 0.469 e. The lowest BCUT2D eigenvalue weighted by Gasteiger charge is -2.19. The van der Waals surface area contributed by atoms with Crippen LogP contribution in [0.5, 0.6) is 0 Å². The minimum atomic E-state index is -4.85. The second-order valence-corrected chi connectivity index (χ2v) is 14.8. The van der Waals surface area contributed by atoms with Gasteiger partial charge in [-0.05, 0) is 63.7 Å². The van der Waals surface area contributed by atoms with Crippen LogP contribution in [0.15, 0.2) is 72.9 Å². The van der Waals surface area contributed by atoms with E-state index in [1.54, 1.807) is 24.3 Å². The van der Waals surface area contributed by atoms with Gasteiger partial charge in [0.1, 0.15) is 6.61 Å². The van der Waals surface area contributed by atoms with E-state index in [1.807, 2.05) is 12.2 Å². The average Bonchev–Trinajstić information content (AvgIpc) is 3.38. The molecule has 1 saturated carbocycles. The predicted molar refractivity (Wildman–Crippen MR) is 209 cm³/mol. The third kappa shape index (κ3) is 26.7. The van der Waals surface area contributed by atoms with Gasteiger partial charge in [0, 0.05) is 18.8 Å². The van der Waals surface area contributed by atoms with Crippen LogP contribution in [0.2, 0.25) is 0 Å². The van der Waals surface area contributed by atoms with Gasteiger partial charge in [0.2, 0.25) is 0 Å². The van der Waals surface area contributed by atoms with Crippen molar-refractivity contribution in [1.29, 1.82) is 0 Å². The molecule has 1 rings (SSSR count). The highest BCUT2D eigenvalue weighted by Gasteiger charge is 2.39. The van der Waals surface area contributed by atoms with Gasteiger partial charge in [-0.25, -0.2) is 4.57 Å². The average molecular weight is 767 g/mol. The van der Waals surface area contributed by atoms with Crippen LogP contribution in [0.3, 0.4) is 0 Å². The number of allylic oxidation sites excluding steroid dienone is 9. The third-order valence-corrected chi connectivity index (χ3v) is 9.29. The summed E-state index contributed by atoms with van der Waals surface area (Å²) in [7, 11) is -4.85. The first kappa shape index (κ1) is 48.4. The molecular formula is C41H67O11P. The number of unbranched alkanes of at least 4 members (excludes halogenated alkanes) is 6. The summed E-state index contributed by atoms with van der Waals surface area (Å²) in [5.41, 5.74) is 0. The van der Waals surface area contributed by atoms with Crippen molar-refractivity contribution in [3.05, 3.63) is 72.9 Å². The molecule has 6 atom stereocenters. The number of phosphoric acid groups is 1. The fourth-order valence-electron chi connectivity index (χ4n) is 5.81. The fraction of sp³-hybridized carbons (Fsp3) is 0.659. The molecule has 0 unspecified atom stereocenters. The van der Waals surface area contributed by atoms with Crippen LogP contribution in [0.25, 0.3) is 0 Å². The number of aliphatic hydroxyl groups is 3. The summed E-state index contributed by atoms with van der Waals surface area (Å²) in [6.07, 6.45) is 33.3. The van der Waals surface area contributed by atoms with Gasteiger partial charge in [0.15, 0.2) is 6.10 Å². The summed E-state index contributed by atoms with van der Waals surface area (Å²) in [6, 6.07) is 0.